The molecule has 0 heterocycles. The minimum atomic E-state index is -0.444. The largest absolute Gasteiger partial charge is 0.488 e. The number of rotatable bonds is 6. The molecule has 0 aliphatic heterocycles. The van der Waals surface area contributed by atoms with Gasteiger partial charge in [-0.3, -0.25) is 5.41 Å². The number of nitrogens with two attached hydrogens (primary N) is 1. The van der Waals surface area contributed by atoms with Gasteiger partial charge in [0.05, 0.1) is 12.2 Å². The van der Waals surface area contributed by atoms with E-state index >= 15 is 0 Å². The second-order valence-corrected chi connectivity index (χ2v) is 3.64. The lowest BCUT2D eigenvalue weighted by Crippen LogP contribution is -2.21. The molecule has 0 radical (unpaired) electrons. The molecule has 94 valence electrons. The smallest absolute Gasteiger partial charge is 0.130 e. The molecule has 1 atom stereocenters. The van der Waals surface area contributed by atoms with Crippen LogP contribution in [-0.2, 0) is 4.74 Å². The fourth-order valence-corrected chi connectivity index (χ4v) is 1.35. The molecule has 3 N–H and O–H groups in total. The van der Waals surface area contributed by atoms with Crippen molar-refractivity contribution >= 4 is 5.84 Å². The lowest BCUT2D eigenvalue weighted by molar-refractivity contribution is 0.0656. The predicted molar refractivity (Wildman–Crippen MR) is 64.0 cm³/mol. The summed E-state index contributed by atoms with van der Waals surface area (Å²) >= 11 is 0. The van der Waals surface area contributed by atoms with E-state index in [0.717, 1.165) is 0 Å². The van der Waals surface area contributed by atoms with Crippen LogP contribution in [0.4, 0.5) is 4.39 Å². The molecule has 1 unspecified atom stereocenters. The van der Waals surface area contributed by atoms with Gasteiger partial charge in [0.2, 0.25) is 0 Å². The van der Waals surface area contributed by atoms with Crippen molar-refractivity contribution in [2.45, 2.75) is 20.0 Å². The number of amidine groups is 1. The summed E-state index contributed by atoms with van der Waals surface area (Å²) in [5.74, 6) is -0.269. The van der Waals surface area contributed by atoms with Crippen LogP contribution in [0, 0.1) is 11.2 Å². The first-order valence-electron chi connectivity index (χ1n) is 5.43. The van der Waals surface area contributed by atoms with E-state index in [1.54, 1.807) is 0 Å². The highest BCUT2D eigenvalue weighted by Gasteiger charge is 2.11. The fraction of sp³-hybridized carbons (Fsp3) is 0.417. The molecule has 0 fully saturated rings. The van der Waals surface area contributed by atoms with Crippen molar-refractivity contribution in [1.29, 1.82) is 5.41 Å². The van der Waals surface area contributed by atoms with Crippen molar-refractivity contribution in [3.63, 3.8) is 0 Å². The Hall–Kier alpha value is -1.62. The third-order valence-electron chi connectivity index (χ3n) is 2.12. The Labute approximate surface area is 100 Å². The van der Waals surface area contributed by atoms with Gasteiger partial charge in [0.1, 0.15) is 23.5 Å². The van der Waals surface area contributed by atoms with E-state index in [0.29, 0.717) is 19.0 Å². The summed E-state index contributed by atoms with van der Waals surface area (Å²) in [5.41, 5.74) is 5.62. The molecule has 0 bridgehead atoms. The summed E-state index contributed by atoms with van der Waals surface area (Å²) in [6.07, 6.45) is -0.182. The van der Waals surface area contributed by atoms with E-state index in [1.165, 1.54) is 18.2 Å². The maximum Gasteiger partial charge on any atom is 0.130 e. The summed E-state index contributed by atoms with van der Waals surface area (Å²) in [7, 11) is 0. The molecule has 0 aliphatic rings. The number of benzene rings is 1. The van der Waals surface area contributed by atoms with Gasteiger partial charge >= 0.3 is 0 Å². The summed E-state index contributed by atoms with van der Waals surface area (Å²) in [4.78, 5) is 0. The van der Waals surface area contributed by atoms with Gasteiger partial charge in [-0.15, -0.1) is 0 Å². The Morgan fingerprint density at radius 1 is 1.53 bits per heavy atom. The number of hydrogen-bond donors (Lipinski definition) is 2. The molecule has 4 nitrogen and oxygen atoms in total. The minimum absolute atomic E-state index is 0.182. The van der Waals surface area contributed by atoms with Crippen molar-refractivity contribution in [3.05, 3.63) is 29.6 Å². The van der Waals surface area contributed by atoms with Crippen LogP contribution in [0.15, 0.2) is 18.2 Å². The molecule has 5 heteroatoms. The first-order chi connectivity index (χ1) is 8.04. The third kappa shape index (κ3) is 4.03. The van der Waals surface area contributed by atoms with Crippen LogP contribution >= 0.6 is 0 Å². The highest BCUT2D eigenvalue weighted by atomic mass is 19.1. The van der Waals surface area contributed by atoms with Crippen molar-refractivity contribution in [2.24, 2.45) is 5.73 Å². The van der Waals surface area contributed by atoms with E-state index in [-0.39, 0.29) is 17.5 Å². The molecule has 1 aromatic rings. The zero-order chi connectivity index (χ0) is 12.8. The van der Waals surface area contributed by atoms with Crippen molar-refractivity contribution in [1.82, 2.24) is 0 Å². The average Bonchev–Trinajstić information content (AvgIpc) is 2.28. The van der Waals surface area contributed by atoms with Crippen molar-refractivity contribution in [2.75, 3.05) is 13.2 Å². The monoisotopic (exact) mass is 240 g/mol. The zero-order valence-electron chi connectivity index (χ0n) is 10.00. The molecule has 17 heavy (non-hydrogen) atoms. The zero-order valence-corrected chi connectivity index (χ0v) is 10.00. The Morgan fingerprint density at radius 2 is 2.24 bits per heavy atom. The molecule has 0 saturated carbocycles. The van der Waals surface area contributed by atoms with Crippen LogP contribution in [0.2, 0.25) is 0 Å². The normalized spacial score (nSPS) is 12.2. The Balaban J connectivity index is 2.79. The summed E-state index contributed by atoms with van der Waals surface area (Å²) in [5, 5.41) is 7.36. The molecule has 0 amide bonds. The van der Waals surface area contributed by atoms with E-state index in [4.69, 9.17) is 20.6 Å². The fourth-order valence-electron chi connectivity index (χ4n) is 1.35. The van der Waals surface area contributed by atoms with Gasteiger partial charge in [0, 0.05) is 6.61 Å². The molecule has 0 saturated heterocycles. The minimum Gasteiger partial charge on any atom is -0.488 e. The predicted octanol–water partition coefficient (Wildman–Crippen LogP) is 1.91. The first kappa shape index (κ1) is 13.4. The SMILES string of the molecule is CCOCC(C)Oc1ccc(F)cc1C(=N)N. The molecule has 0 spiro atoms. The molecular formula is C12H17FN2O2. The van der Waals surface area contributed by atoms with Crippen LogP contribution in [0.1, 0.15) is 19.4 Å². The summed E-state index contributed by atoms with van der Waals surface area (Å²) in [6.45, 7) is 4.77. The molecule has 0 aromatic heterocycles. The molecule has 1 aromatic carbocycles. The van der Waals surface area contributed by atoms with E-state index in [1.807, 2.05) is 13.8 Å². The Kier molecular flexibility index (Phi) is 4.90. The van der Waals surface area contributed by atoms with Gasteiger partial charge in [0.15, 0.2) is 0 Å². The standard InChI is InChI=1S/C12H17FN2O2/c1-3-16-7-8(2)17-11-5-4-9(13)6-10(11)12(14)15/h4-6,8H,3,7H2,1-2H3,(H3,14,15). The topological polar surface area (TPSA) is 68.3 Å². The van der Waals surface area contributed by atoms with Crippen LogP contribution in [0.5, 0.6) is 5.75 Å². The van der Waals surface area contributed by atoms with Gasteiger partial charge in [-0.1, -0.05) is 0 Å². The van der Waals surface area contributed by atoms with E-state index in [9.17, 15) is 4.39 Å². The second-order valence-electron chi connectivity index (χ2n) is 3.64. The summed E-state index contributed by atoms with van der Waals surface area (Å²) in [6, 6.07) is 3.93. The highest BCUT2D eigenvalue weighted by Crippen LogP contribution is 2.20. The van der Waals surface area contributed by atoms with Crippen LogP contribution in [-0.4, -0.2) is 25.2 Å². The lowest BCUT2D eigenvalue weighted by atomic mass is 10.2. The molecule has 1 rings (SSSR count). The Bertz CT molecular complexity index is 396. The maximum absolute atomic E-state index is 13.0. The van der Waals surface area contributed by atoms with E-state index < -0.39 is 5.82 Å². The Morgan fingerprint density at radius 3 is 2.82 bits per heavy atom. The third-order valence-corrected chi connectivity index (χ3v) is 2.12. The molecule has 0 aliphatic carbocycles. The lowest BCUT2D eigenvalue weighted by Gasteiger charge is -2.16. The maximum atomic E-state index is 13.0. The van der Waals surface area contributed by atoms with Crippen molar-refractivity contribution in [3.8, 4) is 5.75 Å². The average molecular weight is 240 g/mol. The van der Waals surface area contributed by atoms with Gasteiger partial charge in [0.25, 0.3) is 0 Å². The van der Waals surface area contributed by atoms with Gasteiger partial charge < -0.3 is 15.2 Å². The number of hydrogen-bond acceptors (Lipinski definition) is 3. The van der Waals surface area contributed by atoms with Crippen LogP contribution < -0.4 is 10.5 Å². The summed E-state index contributed by atoms with van der Waals surface area (Å²) < 4.78 is 23.8. The number of ether oxygens (including phenoxy) is 2. The van der Waals surface area contributed by atoms with Gasteiger partial charge in [-0.05, 0) is 32.0 Å². The highest BCUT2D eigenvalue weighted by molar-refractivity contribution is 5.97. The van der Waals surface area contributed by atoms with Crippen LogP contribution in [0.3, 0.4) is 0 Å². The number of nitrogen functional groups attached to an aromatic ring is 1. The van der Waals surface area contributed by atoms with Crippen molar-refractivity contribution < 1.29 is 13.9 Å². The second kappa shape index (κ2) is 6.20. The van der Waals surface area contributed by atoms with E-state index in [2.05, 4.69) is 0 Å². The number of halogens is 1. The first-order valence-corrected chi connectivity index (χ1v) is 5.43. The number of nitrogens with one attached hydrogen (secondary N) is 1. The quantitative estimate of drug-likeness (QED) is 0.589. The van der Waals surface area contributed by atoms with Crippen LogP contribution in [0.25, 0.3) is 0 Å². The molecular weight excluding hydrogens is 223 g/mol. The van der Waals surface area contributed by atoms with Gasteiger partial charge in [-0.2, -0.15) is 0 Å². The van der Waals surface area contributed by atoms with Gasteiger partial charge in [-0.25, -0.2) is 4.39 Å².